The van der Waals surface area contributed by atoms with Crippen LogP contribution < -0.4 is 5.32 Å². The molecule has 0 bridgehead atoms. The number of nitrogens with zero attached hydrogens (tertiary/aromatic N) is 1. The third kappa shape index (κ3) is 4.65. The molecule has 27 heavy (non-hydrogen) atoms. The van der Waals surface area contributed by atoms with Gasteiger partial charge in [0, 0.05) is 34.9 Å². The number of benzene rings is 2. The second-order valence-electron chi connectivity index (χ2n) is 6.44. The molecule has 0 spiro atoms. The standard InChI is InChI=1S/C20H19ClN2O4/c21-16-5-1-13(2-6-16)18(24)22-17-7-3-14(4-8-17)19(25)23-11-9-15(10-12-23)20(26)27/h1-8,15H,9-12H2,(H,22,24)(H,26,27). The minimum absolute atomic E-state index is 0.130. The minimum atomic E-state index is -0.803. The van der Waals surface area contributed by atoms with Gasteiger partial charge >= 0.3 is 5.97 Å². The normalized spacial score (nSPS) is 14.6. The molecule has 6 nitrogen and oxygen atoms in total. The number of carboxylic acids is 1. The van der Waals surface area contributed by atoms with E-state index in [1.54, 1.807) is 53.4 Å². The summed E-state index contributed by atoms with van der Waals surface area (Å²) in [5.41, 5.74) is 1.57. The number of aliphatic carboxylic acids is 1. The van der Waals surface area contributed by atoms with Crippen molar-refractivity contribution in [3.63, 3.8) is 0 Å². The monoisotopic (exact) mass is 386 g/mol. The highest BCUT2D eigenvalue weighted by molar-refractivity contribution is 6.30. The second kappa shape index (κ2) is 8.22. The van der Waals surface area contributed by atoms with Gasteiger partial charge in [0.2, 0.25) is 0 Å². The van der Waals surface area contributed by atoms with Gasteiger partial charge in [-0.15, -0.1) is 0 Å². The molecule has 0 aliphatic carbocycles. The van der Waals surface area contributed by atoms with E-state index in [1.807, 2.05) is 0 Å². The molecule has 0 saturated carbocycles. The fraction of sp³-hybridized carbons (Fsp3) is 0.250. The number of anilines is 1. The lowest BCUT2D eigenvalue weighted by molar-refractivity contribution is -0.143. The molecule has 2 N–H and O–H groups in total. The Balaban J connectivity index is 1.60. The van der Waals surface area contributed by atoms with E-state index in [0.717, 1.165) is 0 Å². The van der Waals surface area contributed by atoms with Gasteiger partial charge < -0.3 is 15.3 Å². The van der Waals surface area contributed by atoms with Crippen molar-refractivity contribution in [2.75, 3.05) is 18.4 Å². The van der Waals surface area contributed by atoms with Crippen LogP contribution >= 0.6 is 11.6 Å². The van der Waals surface area contributed by atoms with Crippen LogP contribution in [0.3, 0.4) is 0 Å². The molecule has 1 fully saturated rings. The van der Waals surface area contributed by atoms with Crippen LogP contribution in [0.2, 0.25) is 5.02 Å². The zero-order valence-corrected chi connectivity index (χ0v) is 15.3. The van der Waals surface area contributed by atoms with E-state index in [-0.39, 0.29) is 17.7 Å². The molecule has 0 atom stereocenters. The second-order valence-corrected chi connectivity index (χ2v) is 6.88. The van der Waals surface area contributed by atoms with Crippen LogP contribution in [-0.2, 0) is 4.79 Å². The molecular formula is C20H19ClN2O4. The molecule has 1 saturated heterocycles. The first-order valence-corrected chi connectivity index (χ1v) is 9.01. The lowest BCUT2D eigenvalue weighted by Gasteiger charge is -2.30. The minimum Gasteiger partial charge on any atom is -0.481 e. The number of hydrogen-bond acceptors (Lipinski definition) is 3. The summed E-state index contributed by atoms with van der Waals surface area (Å²) in [6, 6.07) is 13.2. The molecule has 2 aromatic rings. The van der Waals surface area contributed by atoms with E-state index >= 15 is 0 Å². The number of carbonyl (C=O) groups is 3. The predicted molar refractivity (Wildman–Crippen MR) is 102 cm³/mol. The van der Waals surface area contributed by atoms with Crippen molar-refractivity contribution >= 4 is 35.1 Å². The molecule has 2 aromatic carbocycles. The Bertz CT molecular complexity index is 841. The highest BCUT2D eigenvalue weighted by Crippen LogP contribution is 2.20. The van der Waals surface area contributed by atoms with Gasteiger partial charge in [-0.05, 0) is 61.4 Å². The van der Waals surface area contributed by atoms with Gasteiger partial charge in [0.05, 0.1) is 5.92 Å². The summed E-state index contributed by atoms with van der Waals surface area (Å²) in [7, 11) is 0. The van der Waals surface area contributed by atoms with Crippen LogP contribution in [0.25, 0.3) is 0 Å². The van der Waals surface area contributed by atoms with Crippen molar-refractivity contribution in [3.8, 4) is 0 Å². The lowest BCUT2D eigenvalue weighted by Crippen LogP contribution is -2.40. The first kappa shape index (κ1) is 18.9. The first-order chi connectivity index (χ1) is 12.9. The summed E-state index contributed by atoms with van der Waals surface area (Å²) >= 11 is 5.81. The number of rotatable bonds is 4. The molecule has 1 heterocycles. The number of nitrogens with one attached hydrogen (secondary N) is 1. The lowest BCUT2D eigenvalue weighted by atomic mass is 9.96. The first-order valence-electron chi connectivity index (χ1n) is 8.63. The number of likely N-dealkylation sites (tertiary alicyclic amines) is 1. The Morgan fingerprint density at radius 1 is 0.926 bits per heavy atom. The van der Waals surface area contributed by atoms with Gasteiger partial charge in [-0.2, -0.15) is 0 Å². The fourth-order valence-corrected chi connectivity index (χ4v) is 3.14. The highest BCUT2D eigenvalue weighted by atomic mass is 35.5. The molecule has 140 valence electrons. The number of halogens is 1. The number of hydrogen-bond donors (Lipinski definition) is 2. The van der Waals surface area contributed by atoms with Crippen LogP contribution in [0.15, 0.2) is 48.5 Å². The van der Waals surface area contributed by atoms with Crippen LogP contribution in [0.1, 0.15) is 33.6 Å². The summed E-state index contributed by atoms with van der Waals surface area (Å²) in [6.07, 6.45) is 0.937. The Hall–Kier alpha value is -2.86. The van der Waals surface area contributed by atoms with Crippen molar-refractivity contribution in [3.05, 3.63) is 64.7 Å². The Labute approximate surface area is 161 Å². The number of amides is 2. The molecule has 1 aliphatic heterocycles. The van der Waals surface area contributed by atoms with E-state index < -0.39 is 5.97 Å². The number of carbonyl (C=O) groups excluding carboxylic acids is 2. The summed E-state index contributed by atoms with van der Waals surface area (Å²) in [6.45, 7) is 0.871. The fourth-order valence-electron chi connectivity index (χ4n) is 3.01. The number of carboxylic acid groups (broad SMARTS) is 1. The largest absolute Gasteiger partial charge is 0.481 e. The van der Waals surface area contributed by atoms with Crippen molar-refractivity contribution in [2.24, 2.45) is 5.92 Å². The van der Waals surface area contributed by atoms with Crippen molar-refractivity contribution in [2.45, 2.75) is 12.8 Å². The highest BCUT2D eigenvalue weighted by Gasteiger charge is 2.27. The van der Waals surface area contributed by atoms with Gasteiger partial charge in [0.15, 0.2) is 0 Å². The Morgan fingerprint density at radius 3 is 2.04 bits per heavy atom. The quantitative estimate of drug-likeness (QED) is 0.841. The molecule has 3 rings (SSSR count). The van der Waals surface area contributed by atoms with Gasteiger partial charge in [-0.3, -0.25) is 14.4 Å². The zero-order valence-electron chi connectivity index (χ0n) is 14.5. The Kier molecular flexibility index (Phi) is 5.76. The van der Waals surface area contributed by atoms with E-state index in [9.17, 15) is 14.4 Å². The maximum atomic E-state index is 12.5. The molecule has 0 aromatic heterocycles. The molecule has 1 aliphatic rings. The van der Waals surface area contributed by atoms with Crippen molar-refractivity contribution in [1.82, 2.24) is 4.90 Å². The molecule has 7 heteroatoms. The van der Waals surface area contributed by atoms with Gasteiger partial charge in [0.1, 0.15) is 0 Å². The maximum Gasteiger partial charge on any atom is 0.306 e. The molecule has 0 unspecified atom stereocenters. The summed E-state index contributed by atoms with van der Waals surface area (Å²) < 4.78 is 0. The van der Waals surface area contributed by atoms with Crippen LogP contribution in [0.4, 0.5) is 5.69 Å². The SMILES string of the molecule is O=C(Nc1ccc(C(=O)N2CCC(C(=O)O)CC2)cc1)c1ccc(Cl)cc1. The van der Waals surface area contributed by atoms with Crippen LogP contribution in [0, 0.1) is 5.92 Å². The third-order valence-corrected chi connectivity index (χ3v) is 4.88. The van der Waals surface area contributed by atoms with E-state index in [2.05, 4.69) is 5.32 Å². The van der Waals surface area contributed by atoms with Crippen molar-refractivity contribution in [1.29, 1.82) is 0 Å². The van der Waals surface area contributed by atoms with E-state index in [4.69, 9.17) is 16.7 Å². The topological polar surface area (TPSA) is 86.7 Å². The summed E-state index contributed by atoms with van der Waals surface area (Å²) in [4.78, 5) is 37.4. The third-order valence-electron chi connectivity index (χ3n) is 4.63. The van der Waals surface area contributed by atoms with Gasteiger partial charge in [0.25, 0.3) is 11.8 Å². The van der Waals surface area contributed by atoms with Crippen LogP contribution in [-0.4, -0.2) is 40.9 Å². The van der Waals surface area contributed by atoms with Crippen LogP contribution in [0.5, 0.6) is 0 Å². The Morgan fingerprint density at radius 2 is 1.48 bits per heavy atom. The summed E-state index contributed by atoms with van der Waals surface area (Å²) in [5, 5.41) is 12.4. The van der Waals surface area contributed by atoms with Crippen molar-refractivity contribution < 1.29 is 19.5 Å². The molecular weight excluding hydrogens is 368 g/mol. The zero-order chi connectivity index (χ0) is 19.4. The predicted octanol–water partition coefficient (Wildman–Crippen LogP) is 3.53. The van der Waals surface area contributed by atoms with E-state index in [1.165, 1.54) is 0 Å². The summed E-state index contributed by atoms with van der Waals surface area (Å²) in [5.74, 6) is -1.57. The molecule has 0 radical (unpaired) electrons. The smallest absolute Gasteiger partial charge is 0.306 e. The molecule has 2 amide bonds. The average Bonchev–Trinajstić information content (AvgIpc) is 2.68. The maximum absolute atomic E-state index is 12.5. The van der Waals surface area contributed by atoms with Gasteiger partial charge in [-0.1, -0.05) is 11.6 Å². The van der Waals surface area contributed by atoms with Gasteiger partial charge in [-0.25, -0.2) is 0 Å². The van der Waals surface area contributed by atoms with E-state index in [0.29, 0.717) is 47.8 Å². The number of piperidine rings is 1. The average molecular weight is 387 g/mol.